The lowest BCUT2D eigenvalue weighted by Gasteiger charge is -2.11. The fraction of sp³-hybridized carbons (Fsp3) is 0.333. The molecule has 0 aliphatic carbocycles. The molecule has 5 heteroatoms. The molecule has 76 valence electrons. The van der Waals surface area contributed by atoms with E-state index in [1.807, 2.05) is 0 Å². The summed E-state index contributed by atoms with van der Waals surface area (Å²) < 4.78 is 11.6. The second kappa shape index (κ2) is 4.30. The highest BCUT2D eigenvalue weighted by molar-refractivity contribution is 7.61. The van der Waals surface area contributed by atoms with E-state index in [9.17, 15) is 4.57 Å². The van der Waals surface area contributed by atoms with Gasteiger partial charge in [-0.1, -0.05) is 24.3 Å². The third-order valence-corrected chi connectivity index (χ3v) is 2.99. The lowest BCUT2D eigenvalue weighted by molar-refractivity contribution is 0.425. The van der Waals surface area contributed by atoms with Gasteiger partial charge in [-0.25, -0.2) is 0 Å². The standard InChI is InChI=1S/C9H14BO3P/c1-14(2,13)7-8-5-3-4-6-9(8)10(11)12/h3-6,11-12H,7H2,1-2H3. The second-order valence-corrected chi connectivity index (χ2v) is 7.27. The Bertz CT molecular complexity index is 359. The largest absolute Gasteiger partial charge is 0.488 e. The van der Waals surface area contributed by atoms with Gasteiger partial charge in [-0.3, -0.25) is 0 Å². The summed E-state index contributed by atoms with van der Waals surface area (Å²) >= 11 is 0. The molecule has 2 N–H and O–H groups in total. The molecule has 1 rings (SSSR count). The Kier molecular flexibility index (Phi) is 3.54. The summed E-state index contributed by atoms with van der Waals surface area (Å²) in [5.41, 5.74) is 1.19. The Morgan fingerprint density at radius 3 is 2.36 bits per heavy atom. The van der Waals surface area contributed by atoms with E-state index in [-0.39, 0.29) is 0 Å². The van der Waals surface area contributed by atoms with E-state index in [2.05, 4.69) is 0 Å². The topological polar surface area (TPSA) is 57.5 Å². The molecule has 0 aromatic heterocycles. The molecule has 0 saturated heterocycles. The van der Waals surface area contributed by atoms with Crippen LogP contribution in [0.25, 0.3) is 0 Å². The molecule has 0 amide bonds. The van der Waals surface area contributed by atoms with Crippen LogP contribution < -0.4 is 5.46 Å². The fourth-order valence-corrected chi connectivity index (χ4v) is 2.45. The summed E-state index contributed by atoms with van der Waals surface area (Å²) in [5, 5.41) is 18.1. The molecule has 0 spiro atoms. The van der Waals surface area contributed by atoms with Crippen LogP contribution in [0.2, 0.25) is 0 Å². The highest BCUT2D eigenvalue weighted by atomic mass is 31.2. The van der Waals surface area contributed by atoms with Gasteiger partial charge in [0, 0.05) is 6.16 Å². The minimum Gasteiger partial charge on any atom is -0.423 e. The second-order valence-electron chi connectivity index (χ2n) is 3.80. The van der Waals surface area contributed by atoms with Crippen molar-refractivity contribution < 1.29 is 14.6 Å². The Hall–Kier alpha value is -0.565. The van der Waals surface area contributed by atoms with Crippen LogP contribution in [0.1, 0.15) is 5.56 Å². The van der Waals surface area contributed by atoms with Crippen LogP contribution in [-0.4, -0.2) is 30.5 Å². The van der Waals surface area contributed by atoms with Gasteiger partial charge in [0.15, 0.2) is 0 Å². The van der Waals surface area contributed by atoms with Gasteiger partial charge in [0.25, 0.3) is 0 Å². The van der Waals surface area contributed by atoms with Crippen molar-refractivity contribution in [1.29, 1.82) is 0 Å². The van der Waals surface area contributed by atoms with Crippen molar-refractivity contribution in [2.24, 2.45) is 0 Å². The summed E-state index contributed by atoms with van der Waals surface area (Å²) in [5.74, 6) is 0. The zero-order chi connectivity index (χ0) is 10.8. The summed E-state index contributed by atoms with van der Waals surface area (Å²) in [6.07, 6.45) is 0.404. The van der Waals surface area contributed by atoms with Gasteiger partial charge in [0.05, 0.1) is 7.14 Å². The third kappa shape index (κ3) is 3.30. The summed E-state index contributed by atoms with van der Waals surface area (Å²) in [6, 6.07) is 6.94. The first kappa shape index (κ1) is 11.5. The third-order valence-electron chi connectivity index (χ3n) is 1.88. The lowest BCUT2D eigenvalue weighted by Crippen LogP contribution is -2.32. The van der Waals surface area contributed by atoms with E-state index < -0.39 is 14.3 Å². The van der Waals surface area contributed by atoms with Crippen molar-refractivity contribution in [3.05, 3.63) is 29.8 Å². The Labute approximate surface area is 84.3 Å². The average Bonchev–Trinajstić information content (AvgIpc) is 2.01. The first-order valence-corrected chi connectivity index (χ1v) is 7.17. The molecule has 0 heterocycles. The zero-order valence-electron chi connectivity index (χ0n) is 8.34. The minimum absolute atomic E-state index is 0.404. The average molecular weight is 212 g/mol. The number of hydrogen-bond donors (Lipinski definition) is 2. The molecule has 3 nitrogen and oxygen atoms in total. The van der Waals surface area contributed by atoms with Gasteiger partial charge in [0.2, 0.25) is 0 Å². The maximum Gasteiger partial charge on any atom is 0.488 e. The summed E-state index contributed by atoms with van der Waals surface area (Å²) in [6.45, 7) is 3.38. The molecule has 0 saturated carbocycles. The zero-order valence-corrected chi connectivity index (χ0v) is 9.24. The van der Waals surface area contributed by atoms with Gasteiger partial charge >= 0.3 is 7.12 Å². The molecule has 14 heavy (non-hydrogen) atoms. The van der Waals surface area contributed by atoms with Gasteiger partial charge in [-0.2, -0.15) is 0 Å². The van der Waals surface area contributed by atoms with Gasteiger partial charge in [-0.15, -0.1) is 0 Å². The lowest BCUT2D eigenvalue weighted by atomic mass is 9.77. The molecular weight excluding hydrogens is 198 g/mol. The molecule has 0 fully saturated rings. The molecule has 0 radical (unpaired) electrons. The molecule has 0 aliphatic heterocycles. The predicted molar refractivity (Wildman–Crippen MR) is 59.4 cm³/mol. The quantitative estimate of drug-likeness (QED) is 0.566. The van der Waals surface area contributed by atoms with Crippen LogP contribution in [0, 0.1) is 0 Å². The smallest absolute Gasteiger partial charge is 0.423 e. The molecule has 0 unspecified atom stereocenters. The Morgan fingerprint density at radius 2 is 1.86 bits per heavy atom. The Balaban J connectivity index is 3.02. The first-order valence-electron chi connectivity index (χ1n) is 4.38. The van der Waals surface area contributed by atoms with Crippen molar-refractivity contribution in [2.75, 3.05) is 13.3 Å². The molecule has 0 atom stereocenters. The number of benzene rings is 1. The van der Waals surface area contributed by atoms with E-state index in [1.165, 1.54) is 0 Å². The molecule has 1 aromatic rings. The van der Waals surface area contributed by atoms with Crippen molar-refractivity contribution in [2.45, 2.75) is 6.16 Å². The van der Waals surface area contributed by atoms with Crippen LogP contribution >= 0.6 is 7.14 Å². The van der Waals surface area contributed by atoms with Crippen LogP contribution in [0.4, 0.5) is 0 Å². The fourth-order valence-electron chi connectivity index (χ4n) is 1.34. The monoisotopic (exact) mass is 212 g/mol. The van der Waals surface area contributed by atoms with Crippen LogP contribution in [0.15, 0.2) is 24.3 Å². The molecule has 0 bridgehead atoms. The molecular formula is C9H14BO3P. The highest BCUT2D eigenvalue weighted by Gasteiger charge is 2.18. The van der Waals surface area contributed by atoms with Crippen LogP contribution in [0.5, 0.6) is 0 Å². The summed E-state index contributed by atoms with van der Waals surface area (Å²) in [4.78, 5) is 0. The van der Waals surface area contributed by atoms with Crippen LogP contribution in [0.3, 0.4) is 0 Å². The normalized spacial score (nSPS) is 11.4. The van der Waals surface area contributed by atoms with E-state index >= 15 is 0 Å². The van der Waals surface area contributed by atoms with Crippen molar-refractivity contribution >= 4 is 19.7 Å². The SMILES string of the molecule is CP(C)(=O)Cc1ccccc1B(O)O. The van der Waals surface area contributed by atoms with Crippen molar-refractivity contribution in [1.82, 2.24) is 0 Å². The van der Waals surface area contributed by atoms with Crippen molar-refractivity contribution in [3.8, 4) is 0 Å². The molecule has 1 aromatic carbocycles. The van der Waals surface area contributed by atoms with E-state index in [1.54, 1.807) is 37.6 Å². The van der Waals surface area contributed by atoms with Gasteiger partial charge in [-0.05, 0) is 24.4 Å². The maximum absolute atomic E-state index is 11.6. The minimum atomic E-state index is -2.18. The number of hydrogen-bond acceptors (Lipinski definition) is 3. The first-order chi connectivity index (χ1) is 6.40. The highest BCUT2D eigenvalue weighted by Crippen LogP contribution is 2.39. The Morgan fingerprint density at radius 1 is 1.29 bits per heavy atom. The predicted octanol–water partition coefficient (Wildman–Crippen LogP) is 0.489. The summed E-state index contributed by atoms with van der Waals surface area (Å²) in [7, 11) is -3.66. The van der Waals surface area contributed by atoms with Gasteiger partial charge in [0.1, 0.15) is 0 Å². The van der Waals surface area contributed by atoms with Crippen molar-refractivity contribution in [3.63, 3.8) is 0 Å². The van der Waals surface area contributed by atoms with E-state index in [4.69, 9.17) is 10.0 Å². The van der Waals surface area contributed by atoms with Crippen LogP contribution in [-0.2, 0) is 10.7 Å². The maximum atomic E-state index is 11.6. The molecule has 0 aliphatic rings. The van der Waals surface area contributed by atoms with E-state index in [0.717, 1.165) is 5.56 Å². The van der Waals surface area contributed by atoms with Gasteiger partial charge < -0.3 is 14.6 Å². The van der Waals surface area contributed by atoms with E-state index in [0.29, 0.717) is 11.6 Å². The number of rotatable bonds is 3.